The number of hydrogen-bond donors (Lipinski definition) is 0. The van der Waals surface area contributed by atoms with Crippen molar-refractivity contribution in [1.82, 2.24) is 19.6 Å². The van der Waals surface area contributed by atoms with Crippen LogP contribution in [0.5, 0.6) is 0 Å². The lowest BCUT2D eigenvalue weighted by Crippen LogP contribution is -2.48. The number of piperazine rings is 1. The summed E-state index contributed by atoms with van der Waals surface area (Å²) in [6, 6.07) is 17.7. The summed E-state index contributed by atoms with van der Waals surface area (Å²) in [5.74, 6) is -0.0922. The molecule has 0 unspecified atom stereocenters. The fourth-order valence-electron chi connectivity index (χ4n) is 3.86. The van der Waals surface area contributed by atoms with Gasteiger partial charge < -0.3 is 4.90 Å². The zero-order valence-electron chi connectivity index (χ0n) is 16.8. The first-order chi connectivity index (χ1) is 14.2. The van der Waals surface area contributed by atoms with Crippen molar-refractivity contribution in [1.29, 1.82) is 0 Å². The van der Waals surface area contributed by atoms with Gasteiger partial charge in [0.1, 0.15) is 0 Å². The summed E-state index contributed by atoms with van der Waals surface area (Å²) in [6.07, 6.45) is 0.789. The Balaban J connectivity index is 1.54. The van der Waals surface area contributed by atoms with Crippen LogP contribution in [-0.4, -0.2) is 51.7 Å². The number of carbonyl (C=O) groups is 1. The monoisotopic (exact) mass is 390 g/mol. The lowest BCUT2D eigenvalue weighted by molar-refractivity contribution is 0.0622. The van der Waals surface area contributed by atoms with Gasteiger partial charge in [-0.3, -0.25) is 14.5 Å². The normalized spacial score (nSPS) is 15.0. The van der Waals surface area contributed by atoms with Crippen LogP contribution in [0.3, 0.4) is 0 Å². The predicted molar refractivity (Wildman–Crippen MR) is 114 cm³/mol. The van der Waals surface area contributed by atoms with E-state index >= 15 is 0 Å². The van der Waals surface area contributed by atoms with Crippen LogP contribution in [-0.2, 0) is 13.1 Å². The molecule has 2 heterocycles. The molecule has 0 radical (unpaired) electrons. The van der Waals surface area contributed by atoms with Crippen molar-refractivity contribution in [3.63, 3.8) is 0 Å². The SMILES string of the molecule is CCCn1nc(C(=O)N2CCN(Cc3ccccc3)CC2)c2ccccc2c1=O. The first-order valence-corrected chi connectivity index (χ1v) is 10.2. The van der Waals surface area contributed by atoms with Gasteiger partial charge in [-0.05, 0) is 18.1 Å². The van der Waals surface area contributed by atoms with E-state index in [1.54, 1.807) is 6.07 Å². The van der Waals surface area contributed by atoms with Gasteiger partial charge in [-0.15, -0.1) is 0 Å². The Morgan fingerprint density at radius 3 is 2.28 bits per heavy atom. The lowest BCUT2D eigenvalue weighted by atomic mass is 10.1. The van der Waals surface area contributed by atoms with E-state index in [0.29, 0.717) is 36.1 Å². The molecule has 6 heteroatoms. The van der Waals surface area contributed by atoms with Crippen LogP contribution < -0.4 is 5.56 Å². The molecule has 0 aliphatic carbocycles. The van der Waals surface area contributed by atoms with Crippen molar-refractivity contribution >= 4 is 16.7 Å². The van der Waals surface area contributed by atoms with E-state index in [1.165, 1.54) is 10.2 Å². The molecule has 3 aromatic rings. The Labute approximate surface area is 170 Å². The molecule has 0 bridgehead atoms. The second-order valence-corrected chi connectivity index (χ2v) is 7.48. The Morgan fingerprint density at radius 1 is 0.931 bits per heavy atom. The van der Waals surface area contributed by atoms with Crippen molar-refractivity contribution in [2.45, 2.75) is 26.4 Å². The third-order valence-corrected chi connectivity index (χ3v) is 5.41. The molecule has 4 rings (SSSR count). The van der Waals surface area contributed by atoms with Crippen LogP contribution in [0.25, 0.3) is 10.8 Å². The number of aromatic nitrogens is 2. The molecule has 1 aromatic heterocycles. The summed E-state index contributed by atoms with van der Waals surface area (Å²) < 4.78 is 1.43. The Bertz CT molecular complexity index is 1050. The standard InChI is InChI=1S/C23H26N4O2/c1-2-12-27-22(28)20-11-7-6-10-19(20)21(24-27)23(29)26-15-13-25(14-16-26)17-18-8-4-3-5-9-18/h3-11H,2,12-17H2,1H3. The van der Waals surface area contributed by atoms with E-state index in [0.717, 1.165) is 26.1 Å². The van der Waals surface area contributed by atoms with E-state index in [2.05, 4.69) is 34.3 Å². The fraction of sp³-hybridized carbons (Fsp3) is 0.348. The Hall–Kier alpha value is -2.99. The van der Waals surface area contributed by atoms with Gasteiger partial charge in [0.15, 0.2) is 5.69 Å². The number of rotatable bonds is 5. The van der Waals surface area contributed by atoms with E-state index < -0.39 is 0 Å². The number of nitrogens with zero attached hydrogens (tertiary/aromatic N) is 4. The summed E-state index contributed by atoms with van der Waals surface area (Å²) in [7, 11) is 0. The predicted octanol–water partition coefficient (Wildman–Crippen LogP) is 2.76. The second kappa shape index (κ2) is 8.57. The Morgan fingerprint density at radius 2 is 1.59 bits per heavy atom. The highest BCUT2D eigenvalue weighted by Gasteiger charge is 2.25. The molecular formula is C23H26N4O2. The van der Waals surface area contributed by atoms with E-state index in [9.17, 15) is 9.59 Å². The van der Waals surface area contributed by atoms with Crippen LogP contribution in [0.4, 0.5) is 0 Å². The average Bonchev–Trinajstić information content (AvgIpc) is 2.77. The van der Waals surface area contributed by atoms with Gasteiger partial charge in [-0.25, -0.2) is 4.68 Å². The molecule has 1 aliphatic heterocycles. The Kier molecular flexibility index (Phi) is 5.71. The highest BCUT2D eigenvalue weighted by molar-refractivity contribution is 6.04. The first kappa shape index (κ1) is 19.3. The molecule has 6 nitrogen and oxygen atoms in total. The number of hydrogen-bond acceptors (Lipinski definition) is 4. The highest BCUT2D eigenvalue weighted by Crippen LogP contribution is 2.17. The smallest absolute Gasteiger partial charge is 0.275 e. The van der Waals surface area contributed by atoms with Crippen LogP contribution >= 0.6 is 0 Å². The van der Waals surface area contributed by atoms with Crippen molar-refractivity contribution in [2.24, 2.45) is 0 Å². The molecule has 150 valence electrons. The van der Waals surface area contributed by atoms with Gasteiger partial charge in [-0.2, -0.15) is 5.10 Å². The van der Waals surface area contributed by atoms with Crippen LogP contribution in [0.15, 0.2) is 59.4 Å². The molecule has 0 spiro atoms. The molecule has 1 amide bonds. The third-order valence-electron chi connectivity index (χ3n) is 5.41. The number of benzene rings is 2. The maximum absolute atomic E-state index is 13.3. The van der Waals surface area contributed by atoms with Gasteiger partial charge in [0.05, 0.1) is 5.39 Å². The topological polar surface area (TPSA) is 58.4 Å². The summed E-state index contributed by atoms with van der Waals surface area (Å²) in [5, 5.41) is 5.65. The van der Waals surface area contributed by atoms with E-state index in [1.807, 2.05) is 36.1 Å². The van der Waals surface area contributed by atoms with Gasteiger partial charge in [-0.1, -0.05) is 55.5 Å². The molecule has 29 heavy (non-hydrogen) atoms. The van der Waals surface area contributed by atoms with Gasteiger partial charge in [0.2, 0.25) is 0 Å². The van der Waals surface area contributed by atoms with Crippen molar-refractivity contribution in [2.75, 3.05) is 26.2 Å². The number of fused-ring (bicyclic) bond motifs is 1. The van der Waals surface area contributed by atoms with Gasteiger partial charge >= 0.3 is 0 Å². The quantitative estimate of drug-likeness (QED) is 0.672. The van der Waals surface area contributed by atoms with Crippen molar-refractivity contribution in [3.8, 4) is 0 Å². The molecule has 0 saturated carbocycles. The largest absolute Gasteiger partial charge is 0.335 e. The zero-order valence-corrected chi connectivity index (χ0v) is 16.8. The third kappa shape index (κ3) is 4.07. The van der Waals surface area contributed by atoms with Gasteiger partial charge in [0.25, 0.3) is 11.5 Å². The minimum Gasteiger partial charge on any atom is -0.335 e. The molecule has 2 aromatic carbocycles. The first-order valence-electron chi connectivity index (χ1n) is 10.2. The number of carbonyl (C=O) groups excluding carboxylic acids is 1. The molecule has 0 N–H and O–H groups in total. The average molecular weight is 390 g/mol. The molecule has 1 aliphatic rings. The summed E-state index contributed by atoms with van der Waals surface area (Å²) >= 11 is 0. The summed E-state index contributed by atoms with van der Waals surface area (Å²) in [6.45, 7) is 6.38. The minimum absolute atomic E-state index is 0.0922. The van der Waals surface area contributed by atoms with Crippen LogP contribution in [0.1, 0.15) is 29.4 Å². The van der Waals surface area contributed by atoms with Crippen LogP contribution in [0, 0.1) is 0 Å². The molecule has 1 saturated heterocycles. The maximum Gasteiger partial charge on any atom is 0.275 e. The number of amides is 1. The van der Waals surface area contributed by atoms with E-state index in [-0.39, 0.29) is 11.5 Å². The molecule has 0 atom stereocenters. The summed E-state index contributed by atoms with van der Waals surface area (Å²) in [5.41, 5.74) is 1.53. The lowest BCUT2D eigenvalue weighted by Gasteiger charge is -2.34. The summed E-state index contributed by atoms with van der Waals surface area (Å²) in [4.78, 5) is 30.2. The zero-order chi connectivity index (χ0) is 20.2. The number of aryl methyl sites for hydroxylation is 1. The minimum atomic E-state index is -0.133. The van der Waals surface area contributed by atoms with E-state index in [4.69, 9.17) is 0 Å². The fourth-order valence-corrected chi connectivity index (χ4v) is 3.86. The molecular weight excluding hydrogens is 364 g/mol. The van der Waals surface area contributed by atoms with Crippen molar-refractivity contribution in [3.05, 3.63) is 76.2 Å². The highest BCUT2D eigenvalue weighted by atomic mass is 16.2. The van der Waals surface area contributed by atoms with Crippen molar-refractivity contribution < 1.29 is 4.79 Å². The maximum atomic E-state index is 13.3. The second-order valence-electron chi connectivity index (χ2n) is 7.48. The van der Waals surface area contributed by atoms with Gasteiger partial charge in [0, 0.05) is 44.7 Å². The van der Waals surface area contributed by atoms with Crippen LogP contribution in [0.2, 0.25) is 0 Å². The molecule has 1 fully saturated rings.